The Morgan fingerprint density at radius 1 is 1.05 bits per heavy atom. The number of aromatic nitrogens is 2. The van der Waals surface area contributed by atoms with Crippen LogP contribution >= 0.6 is 0 Å². The van der Waals surface area contributed by atoms with Crippen LogP contribution in [0.2, 0.25) is 0 Å². The van der Waals surface area contributed by atoms with Gasteiger partial charge in [-0.25, -0.2) is 9.97 Å². The maximum absolute atomic E-state index is 4.41. The van der Waals surface area contributed by atoms with Gasteiger partial charge in [0.2, 0.25) is 0 Å². The maximum Gasteiger partial charge on any atom is 0.141 e. The molecule has 2 aromatic carbocycles. The van der Waals surface area contributed by atoms with E-state index in [2.05, 4.69) is 65.5 Å². The standard InChI is InChI=1S/C18H19N3/c1-3-5-14-8-9-17-16(11-14)18(20-12-19-17)21-15-7-4-6-13(2)10-15/h4,6-12H,3,5H2,1-2H3,(H,19,20,21). The Labute approximate surface area is 125 Å². The van der Waals surface area contributed by atoms with E-state index in [1.165, 1.54) is 11.1 Å². The van der Waals surface area contributed by atoms with Gasteiger partial charge in [-0.1, -0.05) is 31.5 Å². The third-order valence-corrected chi connectivity index (χ3v) is 3.52. The Kier molecular flexibility index (Phi) is 3.82. The van der Waals surface area contributed by atoms with Gasteiger partial charge >= 0.3 is 0 Å². The Morgan fingerprint density at radius 3 is 2.76 bits per heavy atom. The van der Waals surface area contributed by atoms with Crippen LogP contribution in [0.25, 0.3) is 10.9 Å². The van der Waals surface area contributed by atoms with Crippen molar-refractivity contribution in [2.45, 2.75) is 26.7 Å². The molecule has 3 heteroatoms. The molecule has 0 unspecified atom stereocenters. The lowest BCUT2D eigenvalue weighted by Crippen LogP contribution is -1.97. The SMILES string of the molecule is CCCc1ccc2ncnc(Nc3cccc(C)c3)c2c1. The van der Waals surface area contributed by atoms with Crippen LogP contribution in [0.1, 0.15) is 24.5 Å². The van der Waals surface area contributed by atoms with Gasteiger partial charge in [0, 0.05) is 11.1 Å². The van der Waals surface area contributed by atoms with Crippen molar-refractivity contribution in [3.05, 3.63) is 59.9 Å². The minimum Gasteiger partial charge on any atom is -0.340 e. The number of benzene rings is 2. The Bertz CT molecular complexity index is 765. The fourth-order valence-electron chi connectivity index (χ4n) is 2.51. The summed E-state index contributed by atoms with van der Waals surface area (Å²) in [5.74, 6) is 0.864. The number of anilines is 2. The van der Waals surface area contributed by atoms with E-state index in [0.717, 1.165) is 35.2 Å². The zero-order valence-corrected chi connectivity index (χ0v) is 12.4. The van der Waals surface area contributed by atoms with Crippen LogP contribution in [0.5, 0.6) is 0 Å². The van der Waals surface area contributed by atoms with Gasteiger partial charge in [0.05, 0.1) is 5.52 Å². The lowest BCUT2D eigenvalue weighted by atomic mass is 10.1. The normalized spacial score (nSPS) is 10.8. The summed E-state index contributed by atoms with van der Waals surface area (Å²) in [6.07, 6.45) is 3.83. The lowest BCUT2D eigenvalue weighted by Gasteiger charge is -2.10. The average Bonchev–Trinajstić information content (AvgIpc) is 2.48. The first-order valence-corrected chi connectivity index (χ1v) is 7.33. The Balaban J connectivity index is 2.02. The van der Waals surface area contributed by atoms with Crippen LogP contribution in [0.3, 0.4) is 0 Å². The van der Waals surface area contributed by atoms with Gasteiger partial charge in [-0.3, -0.25) is 0 Å². The molecule has 3 aromatic rings. The summed E-state index contributed by atoms with van der Waals surface area (Å²) in [5.41, 5.74) is 4.58. The van der Waals surface area contributed by atoms with Crippen LogP contribution in [-0.2, 0) is 6.42 Å². The first-order chi connectivity index (χ1) is 10.3. The Hall–Kier alpha value is -2.42. The molecule has 0 aliphatic rings. The van der Waals surface area contributed by atoms with Crippen LogP contribution in [0.4, 0.5) is 11.5 Å². The molecule has 0 amide bonds. The smallest absolute Gasteiger partial charge is 0.141 e. The maximum atomic E-state index is 4.41. The molecule has 0 spiro atoms. The zero-order chi connectivity index (χ0) is 14.7. The minimum atomic E-state index is 0.864. The molecule has 0 aliphatic heterocycles. The second kappa shape index (κ2) is 5.92. The summed E-state index contributed by atoms with van der Waals surface area (Å²) in [4.78, 5) is 8.76. The van der Waals surface area contributed by atoms with Crippen molar-refractivity contribution in [3.8, 4) is 0 Å². The molecule has 0 bridgehead atoms. The number of aryl methyl sites for hydroxylation is 2. The van der Waals surface area contributed by atoms with E-state index in [4.69, 9.17) is 0 Å². The fourth-order valence-corrected chi connectivity index (χ4v) is 2.51. The second-order valence-corrected chi connectivity index (χ2v) is 5.32. The predicted molar refractivity (Wildman–Crippen MR) is 88.0 cm³/mol. The van der Waals surface area contributed by atoms with Gasteiger partial charge in [-0.2, -0.15) is 0 Å². The first-order valence-electron chi connectivity index (χ1n) is 7.33. The molecule has 3 nitrogen and oxygen atoms in total. The van der Waals surface area contributed by atoms with Gasteiger partial charge in [-0.15, -0.1) is 0 Å². The molecule has 1 heterocycles. The summed E-state index contributed by atoms with van der Waals surface area (Å²) in [7, 11) is 0. The van der Waals surface area contributed by atoms with Gasteiger partial charge in [0.25, 0.3) is 0 Å². The van der Waals surface area contributed by atoms with Crippen LogP contribution in [-0.4, -0.2) is 9.97 Å². The third-order valence-electron chi connectivity index (χ3n) is 3.52. The molecular formula is C18H19N3. The summed E-state index contributed by atoms with van der Waals surface area (Å²) < 4.78 is 0. The van der Waals surface area contributed by atoms with Gasteiger partial charge in [0.15, 0.2) is 0 Å². The molecule has 1 aromatic heterocycles. The molecule has 0 radical (unpaired) electrons. The van der Waals surface area contributed by atoms with E-state index in [-0.39, 0.29) is 0 Å². The Morgan fingerprint density at radius 2 is 1.95 bits per heavy atom. The van der Waals surface area contributed by atoms with E-state index in [1.54, 1.807) is 6.33 Å². The number of nitrogens with zero attached hydrogens (tertiary/aromatic N) is 2. The van der Waals surface area contributed by atoms with E-state index in [9.17, 15) is 0 Å². The van der Waals surface area contributed by atoms with Crippen molar-refractivity contribution in [3.63, 3.8) is 0 Å². The quantitative estimate of drug-likeness (QED) is 0.755. The van der Waals surface area contributed by atoms with Crippen molar-refractivity contribution < 1.29 is 0 Å². The summed E-state index contributed by atoms with van der Waals surface area (Å²) >= 11 is 0. The number of nitrogens with one attached hydrogen (secondary N) is 1. The molecule has 0 atom stereocenters. The molecule has 0 saturated carbocycles. The van der Waals surface area contributed by atoms with Crippen molar-refractivity contribution in [1.82, 2.24) is 9.97 Å². The molecule has 21 heavy (non-hydrogen) atoms. The summed E-state index contributed by atoms with van der Waals surface area (Å²) in [5, 5.41) is 4.48. The minimum absolute atomic E-state index is 0.864. The van der Waals surface area contributed by atoms with Crippen molar-refractivity contribution in [2.24, 2.45) is 0 Å². The van der Waals surface area contributed by atoms with E-state index in [0.29, 0.717) is 0 Å². The van der Waals surface area contributed by atoms with Crippen LogP contribution < -0.4 is 5.32 Å². The van der Waals surface area contributed by atoms with Gasteiger partial charge in [-0.05, 0) is 48.7 Å². The van der Waals surface area contributed by atoms with Gasteiger partial charge in [0.1, 0.15) is 12.1 Å². The third kappa shape index (κ3) is 3.02. The highest BCUT2D eigenvalue weighted by molar-refractivity contribution is 5.91. The van der Waals surface area contributed by atoms with Gasteiger partial charge < -0.3 is 5.32 Å². The van der Waals surface area contributed by atoms with Crippen LogP contribution in [0.15, 0.2) is 48.8 Å². The summed E-state index contributed by atoms with van der Waals surface area (Å²) in [6.45, 7) is 4.28. The van der Waals surface area contributed by atoms with Crippen molar-refractivity contribution in [1.29, 1.82) is 0 Å². The summed E-state index contributed by atoms with van der Waals surface area (Å²) in [6, 6.07) is 14.7. The highest BCUT2D eigenvalue weighted by atomic mass is 15.0. The number of hydrogen-bond acceptors (Lipinski definition) is 3. The van der Waals surface area contributed by atoms with E-state index in [1.807, 2.05) is 6.07 Å². The van der Waals surface area contributed by atoms with Crippen LogP contribution in [0, 0.1) is 6.92 Å². The number of fused-ring (bicyclic) bond motifs is 1. The average molecular weight is 277 g/mol. The molecule has 0 saturated heterocycles. The molecule has 1 N–H and O–H groups in total. The number of rotatable bonds is 4. The van der Waals surface area contributed by atoms with Crippen molar-refractivity contribution in [2.75, 3.05) is 5.32 Å². The molecule has 3 rings (SSSR count). The lowest BCUT2D eigenvalue weighted by molar-refractivity contribution is 0.923. The topological polar surface area (TPSA) is 37.8 Å². The molecule has 106 valence electrons. The monoisotopic (exact) mass is 277 g/mol. The highest BCUT2D eigenvalue weighted by Crippen LogP contribution is 2.24. The first kappa shape index (κ1) is 13.6. The number of hydrogen-bond donors (Lipinski definition) is 1. The molecule has 0 aliphatic carbocycles. The van der Waals surface area contributed by atoms with Crippen molar-refractivity contribution >= 4 is 22.4 Å². The zero-order valence-electron chi connectivity index (χ0n) is 12.4. The van der Waals surface area contributed by atoms with E-state index < -0.39 is 0 Å². The molecular weight excluding hydrogens is 258 g/mol. The second-order valence-electron chi connectivity index (χ2n) is 5.32. The largest absolute Gasteiger partial charge is 0.340 e. The highest BCUT2D eigenvalue weighted by Gasteiger charge is 2.05. The molecule has 0 fully saturated rings. The van der Waals surface area contributed by atoms with E-state index >= 15 is 0 Å². The predicted octanol–water partition coefficient (Wildman–Crippen LogP) is 4.63. The fraction of sp³-hybridized carbons (Fsp3) is 0.222.